The zero-order chi connectivity index (χ0) is 14.0. The Morgan fingerprint density at radius 1 is 1.53 bits per heavy atom. The SMILES string of the molecule is CCOc1cccc(/C=C2/C(=O)N=C(N)N2C)c1O. The molecule has 6 nitrogen and oxygen atoms in total. The summed E-state index contributed by atoms with van der Waals surface area (Å²) in [5.74, 6) is 0.0697. The standard InChI is InChI=1S/C13H15N3O3/c1-3-19-10-6-4-5-8(11(10)17)7-9-12(18)15-13(14)16(9)2/h4-7,17H,3H2,1-2H3,(H2,14,15,18)/b9-7-. The smallest absolute Gasteiger partial charge is 0.296 e. The van der Waals surface area contributed by atoms with E-state index in [1.807, 2.05) is 6.92 Å². The minimum Gasteiger partial charge on any atom is -0.504 e. The minimum absolute atomic E-state index is 0.0106. The first-order chi connectivity index (χ1) is 9.04. The van der Waals surface area contributed by atoms with Gasteiger partial charge < -0.3 is 20.5 Å². The summed E-state index contributed by atoms with van der Waals surface area (Å²) in [5, 5.41) is 10.1. The third kappa shape index (κ3) is 2.37. The van der Waals surface area contributed by atoms with Gasteiger partial charge in [0.05, 0.1) is 6.61 Å². The maximum absolute atomic E-state index is 11.6. The topological polar surface area (TPSA) is 88.1 Å². The molecule has 100 valence electrons. The number of hydrogen-bond donors (Lipinski definition) is 2. The molecule has 0 aliphatic carbocycles. The van der Waals surface area contributed by atoms with Crippen molar-refractivity contribution in [1.29, 1.82) is 0 Å². The maximum Gasteiger partial charge on any atom is 0.296 e. The number of carbonyl (C=O) groups is 1. The molecule has 0 saturated carbocycles. The van der Waals surface area contributed by atoms with Crippen LogP contribution in [-0.4, -0.2) is 35.5 Å². The third-order valence-electron chi connectivity index (χ3n) is 2.76. The molecule has 0 aromatic heterocycles. The fourth-order valence-electron chi connectivity index (χ4n) is 1.74. The molecule has 6 heteroatoms. The van der Waals surface area contributed by atoms with Crippen molar-refractivity contribution >= 4 is 17.9 Å². The Labute approximate surface area is 110 Å². The predicted molar refractivity (Wildman–Crippen MR) is 71.6 cm³/mol. The minimum atomic E-state index is -0.429. The molecule has 1 aliphatic heterocycles. The molecule has 0 radical (unpaired) electrons. The van der Waals surface area contributed by atoms with Crippen LogP contribution in [0.15, 0.2) is 28.9 Å². The Morgan fingerprint density at radius 3 is 2.84 bits per heavy atom. The van der Waals surface area contributed by atoms with Crippen molar-refractivity contribution in [2.45, 2.75) is 6.92 Å². The van der Waals surface area contributed by atoms with Crippen molar-refractivity contribution in [3.05, 3.63) is 29.5 Å². The highest BCUT2D eigenvalue weighted by molar-refractivity contribution is 6.12. The van der Waals surface area contributed by atoms with E-state index < -0.39 is 5.91 Å². The summed E-state index contributed by atoms with van der Waals surface area (Å²) in [7, 11) is 1.64. The molecule has 3 N–H and O–H groups in total. The Kier molecular flexibility index (Phi) is 3.41. The van der Waals surface area contributed by atoms with Gasteiger partial charge in [-0.3, -0.25) is 4.79 Å². The van der Waals surface area contributed by atoms with Gasteiger partial charge in [-0.2, -0.15) is 4.99 Å². The molecule has 0 fully saturated rings. The molecule has 1 aromatic rings. The highest BCUT2D eigenvalue weighted by atomic mass is 16.5. The van der Waals surface area contributed by atoms with Crippen molar-refractivity contribution in [1.82, 2.24) is 4.90 Å². The number of nitrogens with two attached hydrogens (primary N) is 1. The second kappa shape index (κ2) is 5.01. The Morgan fingerprint density at radius 2 is 2.26 bits per heavy atom. The largest absolute Gasteiger partial charge is 0.504 e. The average Bonchev–Trinajstić information content (AvgIpc) is 2.61. The highest BCUT2D eigenvalue weighted by Crippen LogP contribution is 2.32. The van der Waals surface area contributed by atoms with Crippen LogP contribution in [0.25, 0.3) is 6.08 Å². The third-order valence-corrected chi connectivity index (χ3v) is 2.76. The lowest BCUT2D eigenvalue weighted by Crippen LogP contribution is -2.28. The number of aliphatic imine (C=N–C) groups is 1. The first-order valence-electron chi connectivity index (χ1n) is 5.83. The summed E-state index contributed by atoms with van der Waals surface area (Å²) >= 11 is 0. The van der Waals surface area contributed by atoms with Gasteiger partial charge in [-0.25, -0.2) is 0 Å². The average molecular weight is 261 g/mol. The summed E-state index contributed by atoms with van der Waals surface area (Å²) in [4.78, 5) is 16.7. The molecular formula is C13H15N3O3. The number of carbonyl (C=O) groups excluding carboxylic acids is 1. The molecule has 19 heavy (non-hydrogen) atoms. The van der Waals surface area contributed by atoms with Crippen molar-refractivity contribution < 1.29 is 14.6 Å². The maximum atomic E-state index is 11.6. The number of ether oxygens (including phenoxy) is 1. The van der Waals surface area contributed by atoms with E-state index in [4.69, 9.17) is 10.5 Å². The number of likely N-dealkylation sites (N-methyl/N-ethyl adjacent to an activating group) is 1. The normalized spacial score (nSPS) is 16.9. The van der Waals surface area contributed by atoms with Gasteiger partial charge in [0.15, 0.2) is 11.5 Å². The highest BCUT2D eigenvalue weighted by Gasteiger charge is 2.24. The van der Waals surface area contributed by atoms with E-state index in [1.54, 1.807) is 25.2 Å². The van der Waals surface area contributed by atoms with E-state index in [-0.39, 0.29) is 11.7 Å². The number of amides is 1. The molecule has 0 atom stereocenters. The van der Waals surface area contributed by atoms with Gasteiger partial charge in [-0.15, -0.1) is 0 Å². The molecule has 0 saturated heterocycles. The van der Waals surface area contributed by atoms with Crippen LogP contribution in [0.1, 0.15) is 12.5 Å². The number of nitrogens with zero attached hydrogens (tertiary/aromatic N) is 2. The van der Waals surface area contributed by atoms with Gasteiger partial charge in [0.2, 0.25) is 5.96 Å². The van der Waals surface area contributed by atoms with E-state index in [1.165, 1.54) is 11.0 Å². The van der Waals surface area contributed by atoms with Gasteiger partial charge >= 0.3 is 0 Å². The van der Waals surface area contributed by atoms with E-state index in [0.29, 0.717) is 23.6 Å². The quantitative estimate of drug-likeness (QED) is 0.790. The van der Waals surface area contributed by atoms with Crippen molar-refractivity contribution in [2.75, 3.05) is 13.7 Å². The van der Waals surface area contributed by atoms with Crippen LogP contribution in [0.2, 0.25) is 0 Å². The molecule has 1 heterocycles. The summed E-state index contributed by atoms with van der Waals surface area (Å²) in [6.07, 6.45) is 1.53. The summed E-state index contributed by atoms with van der Waals surface area (Å²) in [6, 6.07) is 5.08. The molecular weight excluding hydrogens is 246 g/mol. The number of phenols is 1. The van der Waals surface area contributed by atoms with E-state index >= 15 is 0 Å². The monoisotopic (exact) mass is 261 g/mol. The molecule has 0 unspecified atom stereocenters. The lowest BCUT2D eigenvalue weighted by molar-refractivity contribution is -0.114. The lowest BCUT2D eigenvalue weighted by atomic mass is 10.1. The summed E-state index contributed by atoms with van der Waals surface area (Å²) in [6.45, 7) is 2.27. The Hall–Kier alpha value is -2.50. The lowest BCUT2D eigenvalue weighted by Gasteiger charge is -2.12. The van der Waals surface area contributed by atoms with Crippen LogP contribution in [-0.2, 0) is 4.79 Å². The number of phenolic OH excluding ortho intramolecular Hbond substituents is 1. The Balaban J connectivity index is 2.39. The molecule has 2 rings (SSSR count). The summed E-state index contributed by atoms with van der Waals surface area (Å²) < 4.78 is 5.29. The van der Waals surface area contributed by atoms with E-state index in [9.17, 15) is 9.90 Å². The second-order valence-corrected chi connectivity index (χ2v) is 3.99. The fourth-order valence-corrected chi connectivity index (χ4v) is 1.74. The van der Waals surface area contributed by atoms with Gasteiger partial charge in [0.1, 0.15) is 5.70 Å². The molecule has 0 spiro atoms. The van der Waals surface area contributed by atoms with Crippen molar-refractivity contribution in [3.8, 4) is 11.5 Å². The predicted octanol–water partition coefficient (Wildman–Crippen LogP) is 0.918. The molecule has 1 aromatic carbocycles. The summed E-state index contributed by atoms with van der Waals surface area (Å²) in [5.41, 5.74) is 6.34. The molecule has 1 amide bonds. The van der Waals surface area contributed by atoms with Crippen LogP contribution in [0.5, 0.6) is 11.5 Å². The second-order valence-electron chi connectivity index (χ2n) is 3.99. The van der Waals surface area contributed by atoms with Crippen LogP contribution < -0.4 is 10.5 Å². The molecule has 1 aliphatic rings. The zero-order valence-corrected chi connectivity index (χ0v) is 10.8. The number of aromatic hydroxyl groups is 1. The van der Waals surface area contributed by atoms with Gasteiger partial charge in [-0.1, -0.05) is 12.1 Å². The number of hydrogen-bond acceptors (Lipinski definition) is 5. The Bertz CT molecular complexity index is 578. The number of benzene rings is 1. The molecule has 0 bridgehead atoms. The van der Waals surface area contributed by atoms with Gasteiger partial charge in [0, 0.05) is 12.6 Å². The van der Waals surface area contributed by atoms with Crippen LogP contribution in [0.4, 0.5) is 0 Å². The number of para-hydroxylation sites is 1. The van der Waals surface area contributed by atoms with Gasteiger partial charge in [0.25, 0.3) is 5.91 Å². The fraction of sp³-hybridized carbons (Fsp3) is 0.231. The van der Waals surface area contributed by atoms with Crippen molar-refractivity contribution in [3.63, 3.8) is 0 Å². The van der Waals surface area contributed by atoms with E-state index in [2.05, 4.69) is 4.99 Å². The zero-order valence-electron chi connectivity index (χ0n) is 10.8. The van der Waals surface area contributed by atoms with Gasteiger partial charge in [-0.05, 0) is 19.1 Å². The first kappa shape index (κ1) is 12.9. The van der Waals surface area contributed by atoms with Crippen LogP contribution in [0, 0.1) is 0 Å². The van der Waals surface area contributed by atoms with Crippen molar-refractivity contribution in [2.24, 2.45) is 10.7 Å². The van der Waals surface area contributed by atoms with E-state index in [0.717, 1.165) is 0 Å². The van der Waals surface area contributed by atoms with Crippen LogP contribution >= 0.6 is 0 Å². The number of rotatable bonds is 3. The van der Waals surface area contributed by atoms with Crippen LogP contribution in [0.3, 0.4) is 0 Å². The first-order valence-corrected chi connectivity index (χ1v) is 5.83. The number of guanidine groups is 1.